The summed E-state index contributed by atoms with van der Waals surface area (Å²) in [6, 6.07) is 14.7. The SMILES string of the molecule is CCOc1ccc(Cc2ccc(COSI)c(Br)c2)cc1. The zero-order chi connectivity index (χ0) is 15.1. The number of halogens is 2. The van der Waals surface area contributed by atoms with Crippen LogP contribution in [0.3, 0.4) is 0 Å². The van der Waals surface area contributed by atoms with Crippen molar-refractivity contribution >= 4 is 46.3 Å². The maximum atomic E-state index is 5.46. The summed E-state index contributed by atoms with van der Waals surface area (Å²) in [4.78, 5) is 0. The first kappa shape index (κ1) is 17.1. The smallest absolute Gasteiger partial charge is 0.119 e. The summed E-state index contributed by atoms with van der Waals surface area (Å²) in [6.07, 6.45) is 0.910. The van der Waals surface area contributed by atoms with Gasteiger partial charge >= 0.3 is 0 Å². The Morgan fingerprint density at radius 3 is 2.43 bits per heavy atom. The Morgan fingerprint density at radius 2 is 1.81 bits per heavy atom. The third-order valence-corrected chi connectivity index (χ3v) is 4.73. The van der Waals surface area contributed by atoms with Gasteiger partial charge in [-0.1, -0.05) is 40.2 Å². The van der Waals surface area contributed by atoms with Crippen molar-refractivity contribution in [3.05, 3.63) is 63.6 Å². The third kappa shape index (κ3) is 5.47. The van der Waals surface area contributed by atoms with Crippen molar-refractivity contribution in [2.75, 3.05) is 6.61 Å². The fourth-order valence-electron chi connectivity index (χ4n) is 2.01. The molecule has 21 heavy (non-hydrogen) atoms. The summed E-state index contributed by atoms with van der Waals surface area (Å²) in [5, 5.41) is 0. The Kier molecular flexibility index (Phi) is 7.36. The molecule has 0 heterocycles. The highest BCUT2D eigenvalue weighted by Crippen LogP contribution is 2.24. The number of ether oxygens (including phenoxy) is 1. The molecule has 0 saturated heterocycles. The second-order valence-corrected chi connectivity index (χ2v) is 6.80. The molecule has 0 atom stereocenters. The molecule has 0 aliphatic carbocycles. The number of rotatable bonds is 7. The van der Waals surface area contributed by atoms with Gasteiger partial charge < -0.3 is 8.92 Å². The molecule has 0 aliphatic rings. The Morgan fingerprint density at radius 1 is 1.10 bits per heavy atom. The molecule has 0 aromatic heterocycles. The van der Waals surface area contributed by atoms with Gasteiger partial charge in [-0.2, -0.15) is 0 Å². The van der Waals surface area contributed by atoms with Gasteiger partial charge in [0.1, 0.15) is 5.75 Å². The monoisotopic (exact) mass is 478 g/mol. The average Bonchev–Trinajstić information content (AvgIpc) is 2.49. The molecular formula is C16H16BrIO2S. The molecule has 0 unspecified atom stereocenters. The average molecular weight is 479 g/mol. The lowest BCUT2D eigenvalue weighted by Crippen LogP contribution is -1.94. The highest BCUT2D eigenvalue weighted by Gasteiger charge is 2.04. The molecule has 0 spiro atoms. The molecule has 5 heteroatoms. The molecule has 112 valence electrons. The lowest BCUT2D eigenvalue weighted by molar-refractivity contribution is 0.340. The van der Waals surface area contributed by atoms with E-state index in [1.165, 1.54) is 20.3 Å². The Labute approximate surface area is 150 Å². The topological polar surface area (TPSA) is 18.5 Å². The van der Waals surface area contributed by atoms with E-state index in [0.29, 0.717) is 13.2 Å². The van der Waals surface area contributed by atoms with Crippen LogP contribution in [0.2, 0.25) is 0 Å². The van der Waals surface area contributed by atoms with Gasteiger partial charge in [-0.15, -0.1) is 0 Å². The first-order chi connectivity index (χ1) is 10.2. The molecule has 0 aliphatic heterocycles. The van der Waals surface area contributed by atoms with E-state index in [2.05, 4.69) is 67.5 Å². The minimum Gasteiger partial charge on any atom is -0.494 e. The molecule has 2 nitrogen and oxygen atoms in total. The predicted molar refractivity (Wildman–Crippen MR) is 101 cm³/mol. The third-order valence-electron chi connectivity index (χ3n) is 3.02. The maximum Gasteiger partial charge on any atom is 0.119 e. The van der Waals surface area contributed by atoms with Crippen molar-refractivity contribution in [1.29, 1.82) is 0 Å². The first-order valence-electron chi connectivity index (χ1n) is 6.62. The summed E-state index contributed by atoms with van der Waals surface area (Å²) < 4.78 is 11.9. The Balaban J connectivity index is 2.03. The van der Waals surface area contributed by atoms with E-state index in [9.17, 15) is 0 Å². The van der Waals surface area contributed by atoms with Gasteiger partial charge in [-0.25, -0.2) is 0 Å². The lowest BCUT2D eigenvalue weighted by Gasteiger charge is -2.08. The molecule has 2 rings (SSSR count). The van der Waals surface area contributed by atoms with Crippen LogP contribution >= 0.6 is 46.3 Å². The fraction of sp³-hybridized carbons (Fsp3) is 0.250. The zero-order valence-corrected chi connectivity index (χ0v) is 16.2. The van der Waals surface area contributed by atoms with Gasteiger partial charge in [0.15, 0.2) is 0 Å². The van der Waals surface area contributed by atoms with Crippen LogP contribution in [-0.4, -0.2) is 6.61 Å². The Hall–Kier alpha value is -0.240. The van der Waals surface area contributed by atoms with Crippen LogP contribution in [0.25, 0.3) is 0 Å². The molecule has 0 N–H and O–H groups in total. The van der Waals surface area contributed by atoms with Crippen LogP contribution in [0.15, 0.2) is 46.9 Å². The zero-order valence-electron chi connectivity index (χ0n) is 11.6. The summed E-state index contributed by atoms with van der Waals surface area (Å²) in [5.41, 5.74) is 3.71. The highest BCUT2D eigenvalue weighted by atomic mass is 127. The molecular weight excluding hydrogens is 463 g/mol. The molecule has 0 saturated carbocycles. The second-order valence-electron chi connectivity index (χ2n) is 4.50. The van der Waals surface area contributed by atoms with Gasteiger partial charge in [-0.3, -0.25) is 0 Å². The van der Waals surface area contributed by atoms with Crippen LogP contribution in [0.5, 0.6) is 5.75 Å². The van der Waals surface area contributed by atoms with E-state index in [1.54, 1.807) is 0 Å². The second kappa shape index (κ2) is 9.02. The van der Waals surface area contributed by atoms with Gasteiger partial charge in [0, 0.05) is 25.7 Å². The first-order valence-corrected chi connectivity index (χ1v) is 10.7. The largest absolute Gasteiger partial charge is 0.494 e. The minimum absolute atomic E-state index is 0.609. The van der Waals surface area contributed by atoms with Crippen molar-refractivity contribution in [3.8, 4) is 5.75 Å². The van der Waals surface area contributed by atoms with E-state index in [4.69, 9.17) is 8.92 Å². The fourth-order valence-corrected chi connectivity index (χ4v) is 3.10. The summed E-state index contributed by atoms with van der Waals surface area (Å²) in [7, 11) is 1.35. The van der Waals surface area contributed by atoms with E-state index < -0.39 is 0 Å². The molecule has 0 bridgehead atoms. The van der Waals surface area contributed by atoms with Crippen LogP contribution in [0, 0.1) is 0 Å². The van der Waals surface area contributed by atoms with Gasteiger partial charge in [0.2, 0.25) is 0 Å². The molecule has 0 radical (unpaired) electrons. The van der Waals surface area contributed by atoms with Crippen molar-refractivity contribution in [2.45, 2.75) is 20.0 Å². The quantitative estimate of drug-likeness (QED) is 0.361. The number of benzene rings is 2. The maximum absolute atomic E-state index is 5.46. The van der Waals surface area contributed by atoms with Gasteiger partial charge in [-0.05, 0) is 48.2 Å². The lowest BCUT2D eigenvalue weighted by atomic mass is 10.0. The number of hydrogen-bond acceptors (Lipinski definition) is 3. The van der Waals surface area contributed by atoms with Crippen molar-refractivity contribution in [2.24, 2.45) is 0 Å². The van der Waals surface area contributed by atoms with Crippen LogP contribution in [0.1, 0.15) is 23.6 Å². The van der Waals surface area contributed by atoms with E-state index in [0.717, 1.165) is 22.2 Å². The van der Waals surface area contributed by atoms with E-state index in [1.807, 2.05) is 19.1 Å². The summed E-state index contributed by atoms with van der Waals surface area (Å²) >= 11 is 5.74. The number of hydrogen-bond donors (Lipinski definition) is 0. The van der Waals surface area contributed by atoms with Crippen LogP contribution in [-0.2, 0) is 17.2 Å². The summed E-state index contributed by atoms with van der Waals surface area (Å²) in [5.74, 6) is 0.922. The minimum atomic E-state index is 0.609. The van der Waals surface area contributed by atoms with E-state index in [-0.39, 0.29) is 0 Å². The predicted octanol–water partition coefficient (Wildman–Crippen LogP) is 5.95. The normalized spacial score (nSPS) is 10.6. The van der Waals surface area contributed by atoms with E-state index >= 15 is 0 Å². The summed E-state index contributed by atoms with van der Waals surface area (Å²) in [6.45, 7) is 3.30. The highest BCUT2D eigenvalue weighted by molar-refractivity contribution is 14.2. The van der Waals surface area contributed by atoms with Crippen molar-refractivity contribution in [3.63, 3.8) is 0 Å². The van der Waals surface area contributed by atoms with Crippen LogP contribution in [0.4, 0.5) is 0 Å². The van der Waals surface area contributed by atoms with Gasteiger partial charge in [0.05, 0.1) is 22.4 Å². The molecule has 0 fully saturated rings. The standard InChI is InChI=1S/C16H16BrIO2S/c1-2-19-15-7-4-12(5-8-15)9-13-3-6-14(11-20-21-18)16(17)10-13/h3-8,10H,2,9,11H2,1H3. The Bertz CT molecular complexity index is 575. The molecule has 0 amide bonds. The van der Waals surface area contributed by atoms with Crippen LogP contribution < -0.4 is 4.74 Å². The molecule has 2 aromatic rings. The van der Waals surface area contributed by atoms with Gasteiger partial charge in [0.25, 0.3) is 0 Å². The van der Waals surface area contributed by atoms with Crippen molar-refractivity contribution < 1.29 is 8.92 Å². The molecule has 2 aromatic carbocycles. The van der Waals surface area contributed by atoms with Crippen molar-refractivity contribution in [1.82, 2.24) is 0 Å².